The Labute approximate surface area is 72.0 Å². The van der Waals surface area contributed by atoms with Gasteiger partial charge in [0.2, 0.25) is 0 Å². The molecule has 12 heavy (non-hydrogen) atoms. The van der Waals surface area contributed by atoms with Gasteiger partial charge in [-0.05, 0) is 5.57 Å². The van der Waals surface area contributed by atoms with Crippen LogP contribution in [-0.4, -0.2) is 30.5 Å². The van der Waals surface area contributed by atoms with Crippen molar-refractivity contribution in [1.29, 1.82) is 0 Å². The Morgan fingerprint density at radius 1 is 1.25 bits per heavy atom. The highest BCUT2D eigenvalue weighted by Crippen LogP contribution is 2.32. The molecule has 0 aromatic rings. The Kier molecular flexibility index (Phi) is 2.07. The lowest BCUT2D eigenvalue weighted by atomic mass is 9.86. The van der Waals surface area contributed by atoms with Crippen LogP contribution in [0.5, 0.6) is 0 Å². The summed E-state index contributed by atoms with van der Waals surface area (Å²) in [5.41, 5.74) is 0.417. The highest BCUT2D eigenvalue weighted by molar-refractivity contribution is 5.17. The molecule has 0 bridgehead atoms. The summed E-state index contributed by atoms with van der Waals surface area (Å²) >= 11 is 0. The number of rotatable bonds is 1. The zero-order valence-corrected chi connectivity index (χ0v) is 7.08. The molecule has 2 rings (SSSR count). The third-order valence-corrected chi connectivity index (χ3v) is 2.63. The van der Waals surface area contributed by atoms with Crippen molar-refractivity contribution < 1.29 is 14.6 Å². The fraction of sp³-hybridized carbons (Fsp3) is 0.778. The molecule has 1 saturated heterocycles. The summed E-state index contributed by atoms with van der Waals surface area (Å²) in [6.45, 7) is 2.04. The quantitative estimate of drug-likeness (QED) is 0.633. The summed E-state index contributed by atoms with van der Waals surface area (Å²) in [5, 5.41) is 10.1. The molecular weight excluding hydrogens is 156 g/mol. The van der Waals surface area contributed by atoms with Crippen molar-refractivity contribution in [2.45, 2.75) is 24.9 Å². The van der Waals surface area contributed by atoms with Gasteiger partial charge >= 0.3 is 0 Å². The van der Waals surface area contributed by atoms with Gasteiger partial charge in [-0.2, -0.15) is 0 Å². The molecule has 0 spiro atoms. The highest BCUT2D eigenvalue weighted by atomic mass is 16.5. The van der Waals surface area contributed by atoms with Crippen molar-refractivity contribution in [3.63, 3.8) is 0 Å². The third kappa shape index (κ3) is 1.34. The Hall–Kier alpha value is -0.540. The SMILES string of the molecule is OC1(C2=COCC2)CCOCC1. The second-order valence-corrected chi connectivity index (χ2v) is 3.41. The van der Waals surface area contributed by atoms with Crippen LogP contribution in [0.15, 0.2) is 11.8 Å². The Morgan fingerprint density at radius 2 is 2.00 bits per heavy atom. The first-order chi connectivity index (χ1) is 5.81. The minimum absolute atomic E-state index is 0.630. The van der Waals surface area contributed by atoms with E-state index >= 15 is 0 Å². The molecule has 2 aliphatic rings. The van der Waals surface area contributed by atoms with Crippen molar-refractivity contribution in [3.8, 4) is 0 Å². The van der Waals surface area contributed by atoms with E-state index in [1.807, 2.05) is 0 Å². The average molecular weight is 170 g/mol. The minimum Gasteiger partial charge on any atom is -0.501 e. The van der Waals surface area contributed by atoms with Gasteiger partial charge in [0, 0.05) is 32.5 Å². The van der Waals surface area contributed by atoms with Gasteiger partial charge in [0.25, 0.3) is 0 Å². The zero-order chi connectivity index (χ0) is 8.44. The van der Waals surface area contributed by atoms with Crippen molar-refractivity contribution in [2.75, 3.05) is 19.8 Å². The molecule has 2 aliphatic heterocycles. The van der Waals surface area contributed by atoms with Gasteiger partial charge in [0.1, 0.15) is 0 Å². The van der Waals surface area contributed by atoms with Crippen LogP contribution in [-0.2, 0) is 9.47 Å². The third-order valence-electron chi connectivity index (χ3n) is 2.63. The van der Waals surface area contributed by atoms with Gasteiger partial charge in [0.15, 0.2) is 0 Å². The monoisotopic (exact) mass is 170 g/mol. The van der Waals surface area contributed by atoms with Gasteiger partial charge in [0.05, 0.1) is 18.5 Å². The predicted octanol–water partition coefficient (Wildman–Crippen LogP) is 0.832. The normalized spacial score (nSPS) is 27.9. The largest absolute Gasteiger partial charge is 0.501 e. The van der Waals surface area contributed by atoms with Crippen molar-refractivity contribution in [3.05, 3.63) is 11.8 Å². The molecule has 1 N–H and O–H groups in total. The van der Waals surface area contributed by atoms with Crippen molar-refractivity contribution in [2.24, 2.45) is 0 Å². The van der Waals surface area contributed by atoms with Crippen LogP contribution in [0.1, 0.15) is 19.3 Å². The van der Waals surface area contributed by atoms with E-state index in [2.05, 4.69) is 0 Å². The molecule has 0 saturated carbocycles. The molecule has 3 nitrogen and oxygen atoms in total. The molecule has 0 aromatic heterocycles. The first-order valence-electron chi connectivity index (χ1n) is 4.42. The lowest BCUT2D eigenvalue weighted by molar-refractivity contribution is -0.0404. The maximum absolute atomic E-state index is 10.1. The van der Waals surface area contributed by atoms with Crippen molar-refractivity contribution in [1.82, 2.24) is 0 Å². The molecule has 0 amide bonds. The Balaban J connectivity index is 2.07. The van der Waals surface area contributed by atoms with Gasteiger partial charge in [-0.25, -0.2) is 0 Å². The molecule has 68 valence electrons. The minimum atomic E-state index is -0.630. The fourth-order valence-corrected chi connectivity index (χ4v) is 1.76. The molecule has 0 atom stereocenters. The van der Waals surface area contributed by atoms with E-state index < -0.39 is 5.60 Å². The lowest BCUT2D eigenvalue weighted by Gasteiger charge is -2.32. The van der Waals surface area contributed by atoms with E-state index in [0.717, 1.165) is 18.6 Å². The standard InChI is InChI=1S/C9H14O3/c10-9(2-5-11-6-3-9)8-1-4-12-7-8/h7,10H,1-6H2. The fourth-order valence-electron chi connectivity index (χ4n) is 1.76. The molecule has 0 radical (unpaired) electrons. The summed E-state index contributed by atoms with van der Waals surface area (Å²) in [5.74, 6) is 0. The summed E-state index contributed by atoms with van der Waals surface area (Å²) in [6.07, 6.45) is 4.01. The number of hydrogen-bond donors (Lipinski definition) is 1. The first-order valence-corrected chi connectivity index (χ1v) is 4.42. The molecule has 1 fully saturated rings. The van der Waals surface area contributed by atoms with Crippen LogP contribution >= 0.6 is 0 Å². The van der Waals surface area contributed by atoms with Gasteiger partial charge in [-0.3, -0.25) is 0 Å². The summed E-state index contributed by atoms with van der Waals surface area (Å²) < 4.78 is 10.3. The van der Waals surface area contributed by atoms with E-state index in [0.29, 0.717) is 26.1 Å². The molecule has 0 aromatic carbocycles. The van der Waals surface area contributed by atoms with E-state index in [4.69, 9.17) is 9.47 Å². The number of ether oxygens (including phenoxy) is 2. The molecule has 2 heterocycles. The molecule has 0 unspecified atom stereocenters. The summed E-state index contributed by atoms with van der Waals surface area (Å²) in [4.78, 5) is 0. The molecule has 0 aliphatic carbocycles. The Bertz CT molecular complexity index is 192. The second-order valence-electron chi connectivity index (χ2n) is 3.41. The smallest absolute Gasteiger partial charge is 0.0934 e. The first kappa shape index (κ1) is 8.08. The van der Waals surface area contributed by atoms with Crippen LogP contribution < -0.4 is 0 Å². The zero-order valence-electron chi connectivity index (χ0n) is 7.08. The maximum atomic E-state index is 10.1. The van der Waals surface area contributed by atoms with Crippen LogP contribution in [0.4, 0.5) is 0 Å². The number of aliphatic hydroxyl groups is 1. The maximum Gasteiger partial charge on any atom is 0.0934 e. The van der Waals surface area contributed by atoms with E-state index in [9.17, 15) is 5.11 Å². The van der Waals surface area contributed by atoms with E-state index in [1.165, 1.54) is 0 Å². The summed E-state index contributed by atoms with van der Waals surface area (Å²) in [7, 11) is 0. The average Bonchev–Trinajstić information content (AvgIpc) is 2.58. The van der Waals surface area contributed by atoms with Crippen LogP contribution in [0.3, 0.4) is 0 Å². The predicted molar refractivity (Wildman–Crippen MR) is 43.7 cm³/mol. The van der Waals surface area contributed by atoms with E-state index in [1.54, 1.807) is 6.26 Å². The topological polar surface area (TPSA) is 38.7 Å². The lowest BCUT2D eigenvalue weighted by Crippen LogP contribution is -2.37. The highest BCUT2D eigenvalue weighted by Gasteiger charge is 2.35. The molecular formula is C9H14O3. The van der Waals surface area contributed by atoms with E-state index in [-0.39, 0.29) is 0 Å². The molecule has 3 heteroatoms. The van der Waals surface area contributed by atoms with Gasteiger partial charge in [-0.15, -0.1) is 0 Å². The van der Waals surface area contributed by atoms with Gasteiger partial charge in [-0.1, -0.05) is 0 Å². The second kappa shape index (κ2) is 3.07. The van der Waals surface area contributed by atoms with Crippen LogP contribution in [0.2, 0.25) is 0 Å². The van der Waals surface area contributed by atoms with Crippen LogP contribution in [0, 0.1) is 0 Å². The van der Waals surface area contributed by atoms with Crippen LogP contribution in [0.25, 0.3) is 0 Å². The van der Waals surface area contributed by atoms with Gasteiger partial charge < -0.3 is 14.6 Å². The summed E-state index contributed by atoms with van der Waals surface area (Å²) in [6, 6.07) is 0. The number of hydrogen-bond acceptors (Lipinski definition) is 3. The Morgan fingerprint density at radius 3 is 2.58 bits per heavy atom. The van der Waals surface area contributed by atoms with Crippen molar-refractivity contribution >= 4 is 0 Å².